The maximum atomic E-state index is 5.24. The van der Waals surface area contributed by atoms with Crippen LogP contribution < -0.4 is 11.1 Å². The highest BCUT2D eigenvalue weighted by Gasteiger charge is 2.05. The van der Waals surface area contributed by atoms with E-state index in [2.05, 4.69) is 22.5 Å². The van der Waals surface area contributed by atoms with Crippen molar-refractivity contribution in [3.63, 3.8) is 0 Å². The summed E-state index contributed by atoms with van der Waals surface area (Å²) in [6.07, 6.45) is 0. The van der Waals surface area contributed by atoms with Crippen LogP contribution in [0, 0.1) is 0 Å². The topological polar surface area (TPSA) is 50.4 Å². The third-order valence-electron chi connectivity index (χ3n) is 0.908. The van der Waals surface area contributed by atoms with E-state index in [0.29, 0.717) is 10.8 Å². The molecule has 0 saturated heterocycles. The minimum absolute atomic E-state index is 0.363. The lowest BCUT2D eigenvalue weighted by Crippen LogP contribution is -2.31. The van der Waals surface area contributed by atoms with Gasteiger partial charge in [-0.3, -0.25) is 4.99 Å². The monoisotopic (exact) mass is 129 g/mol. The zero-order valence-corrected chi connectivity index (χ0v) is 5.16. The van der Waals surface area contributed by atoms with Crippen molar-refractivity contribution < 1.29 is 0 Å². The Morgan fingerprint density at radius 3 is 2.88 bits per heavy atom. The number of nitrogens with one attached hydrogen (secondary N) is 1. The van der Waals surface area contributed by atoms with Gasteiger partial charge in [0.2, 0.25) is 0 Å². The second-order valence-electron chi connectivity index (χ2n) is 1.52. The molecule has 1 heterocycles. The van der Waals surface area contributed by atoms with Crippen molar-refractivity contribution in [2.24, 2.45) is 10.7 Å². The van der Waals surface area contributed by atoms with Gasteiger partial charge in [0.1, 0.15) is 4.99 Å². The summed E-state index contributed by atoms with van der Waals surface area (Å²) in [5.41, 5.74) is 5.24. The van der Waals surface area contributed by atoms with E-state index < -0.39 is 0 Å². The zero-order chi connectivity index (χ0) is 5.98. The molecule has 0 radical (unpaired) electrons. The highest BCUT2D eigenvalue weighted by molar-refractivity contribution is 7.82. The van der Waals surface area contributed by atoms with Crippen LogP contribution >= 0.6 is 12.2 Å². The van der Waals surface area contributed by atoms with Crippen molar-refractivity contribution in [2.75, 3.05) is 13.1 Å². The van der Waals surface area contributed by atoms with Crippen LogP contribution in [0.1, 0.15) is 0 Å². The number of nitrogens with two attached hydrogens (primary N) is 1. The molecule has 3 N–H and O–H groups in total. The Morgan fingerprint density at radius 2 is 2.62 bits per heavy atom. The maximum Gasteiger partial charge on any atom is 0.156 e. The third-order valence-corrected chi connectivity index (χ3v) is 1.10. The van der Waals surface area contributed by atoms with E-state index in [-0.39, 0.29) is 0 Å². The second-order valence-corrected chi connectivity index (χ2v) is 1.96. The number of hydrogen-bond acceptors (Lipinski definition) is 3. The van der Waals surface area contributed by atoms with Gasteiger partial charge >= 0.3 is 0 Å². The molecule has 0 amide bonds. The summed E-state index contributed by atoms with van der Waals surface area (Å²) >= 11 is 4.64. The molecule has 3 nitrogen and oxygen atoms in total. The second kappa shape index (κ2) is 2.09. The molecule has 4 heteroatoms. The number of hydrogen-bond donors (Lipinski definition) is 2. The van der Waals surface area contributed by atoms with Crippen LogP contribution in [-0.2, 0) is 0 Å². The number of aliphatic imine (C=N–C) groups is 1. The SMILES string of the molecule is NC(=S)C1=NCCN1. The van der Waals surface area contributed by atoms with Crippen LogP contribution in [0.4, 0.5) is 0 Å². The Hall–Kier alpha value is -0.640. The Labute approximate surface area is 53.0 Å². The van der Waals surface area contributed by atoms with Gasteiger partial charge in [-0.2, -0.15) is 0 Å². The molecule has 0 aliphatic carbocycles. The molecule has 0 saturated carbocycles. The van der Waals surface area contributed by atoms with Crippen LogP contribution in [0.5, 0.6) is 0 Å². The van der Waals surface area contributed by atoms with E-state index in [1.54, 1.807) is 0 Å². The average molecular weight is 129 g/mol. The molecule has 1 aliphatic rings. The van der Waals surface area contributed by atoms with Gasteiger partial charge in [-0.1, -0.05) is 12.2 Å². The van der Waals surface area contributed by atoms with Gasteiger partial charge in [-0.05, 0) is 0 Å². The summed E-state index contributed by atoms with van der Waals surface area (Å²) in [4.78, 5) is 4.34. The quantitative estimate of drug-likeness (QED) is 0.459. The lowest BCUT2D eigenvalue weighted by atomic mass is 10.6. The predicted octanol–water partition coefficient (Wildman–Crippen LogP) is -0.726. The van der Waals surface area contributed by atoms with Crippen molar-refractivity contribution in [2.45, 2.75) is 0 Å². The number of thiocarbonyl (C=S) groups is 1. The van der Waals surface area contributed by atoms with Gasteiger partial charge in [0, 0.05) is 6.54 Å². The Bertz CT molecular complexity index is 140. The summed E-state index contributed by atoms with van der Waals surface area (Å²) in [6, 6.07) is 0. The molecular weight excluding hydrogens is 122 g/mol. The highest BCUT2D eigenvalue weighted by Crippen LogP contribution is 1.83. The Morgan fingerprint density at radius 1 is 1.88 bits per heavy atom. The van der Waals surface area contributed by atoms with E-state index >= 15 is 0 Å². The Kier molecular flexibility index (Phi) is 1.43. The van der Waals surface area contributed by atoms with Gasteiger partial charge in [-0.15, -0.1) is 0 Å². The van der Waals surface area contributed by atoms with Crippen molar-refractivity contribution in [3.05, 3.63) is 0 Å². The predicted molar refractivity (Wildman–Crippen MR) is 37.1 cm³/mol. The van der Waals surface area contributed by atoms with Crippen molar-refractivity contribution in [3.8, 4) is 0 Å². The normalized spacial score (nSPS) is 17.2. The van der Waals surface area contributed by atoms with Gasteiger partial charge < -0.3 is 11.1 Å². The number of amidine groups is 1. The fraction of sp³-hybridized carbons (Fsp3) is 0.500. The number of rotatable bonds is 1. The van der Waals surface area contributed by atoms with Crippen molar-refractivity contribution >= 4 is 23.0 Å². The summed E-state index contributed by atoms with van der Waals surface area (Å²) in [7, 11) is 0. The molecule has 0 aromatic heterocycles. The van der Waals surface area contributed by atoms with E-state index in [4.69, 9.17) is 5.73 Å². The molecule has 1 aliphatic heterocycles. The highest BCUT2D eigenvalue weighted by atomic mass is 32.1. The van der Waals surface area contributed by atoms with E-state index in [1.807, 2.05) is 0 Å². The van der Waals surface area contributed by atoms with Crippen LogP contribution in [0.15, 0.2) is 4.99 Å². The molecular formula is C4H7N3S. The number of nitrogens with zero attached hydrogens (tertiary/aromatic N) is 1. The minimum Gasteiger partial charge on any atom is -0.387 e. The fourth-order valence-corrected chi connectivity index (χ4v) is 0.700. The summed E-state index contributed by atoms with van der Waals surface area (Å²) in [6.45, 7) is 1.67. The standard InChI is InChI=1S/C4H7N3S/c5-3(8)4-6-1-2-7-4/h1-2H2,(H2,5,8)(H,6,7). The first-order valence-electron chi connectivity index (χ1n) is 2.39. The van der Waals surface area contributed by atoms with Crippen molar-refractivity contribution in [1.29, 1.82) is 0 Å². The molecule has 1 rings (SSSR count). The minimum atomic E-state index is 0.363. The van der Waals surface area contributed by atoms with Gasteiger partial charge in [0.25, 0.3) is 0 Å². The van der Waals surface area contributed by atoms with E-state index in [0.717, 1.165) is 13.1 Å². The summed E-state index contributed by atoms with van der Waals surface area (Å²) in [5, 5.41) is 2.94. The Balaban J connectivity index is 2.57. The lowest BCUT2D eigenvalue weighted by Gasteiger charge is -1.94. The van der Waals surface area contributed by atoms with Gasteiger partial charge in [-0.25, -0.2) is 0 Å². The fourth-order valence-electron chi connectivity index (χ4n) is 0.563. The first kappa shape index (κ1) is 5.50. The van der Waals surface area contributed by atoms with E-state index in [1.165, 1.54) is 0 Å². The smallest absolute Gasteiger partial charge is 0.156 e. The molecule has 0 bridgehead atoms. The van der Waals surface area contributed by atoms with Crippen LogP contribution in [0.25, 0.3) is 0 Å². The summed E-state index contributed by atoms with van der Waals surface area (Å²) < 4.78 is 0. The molecule has 0 aromatic rings. The zero-order valence-electron chi connectivity index (χ0n) is 4.35. The third kappa shape index (κ3) is 0.949. The van der Waals surface area contributed by atoms with Crippen LogP contribution in [-0.4, -0.2) is 23.9 Å². The molecule has 44 valence electrons. The summed E-state index contributed by atoms with van der Waals surface area (Å²) in [5.74, 6) is 0.681. The maximum absolute atomic E-state index is 5.24. The molecule has 0 atom stereocenters. The average Bonchev–Trinajstić information content (AvgIpc) is 2.12. The molecule has 0 spiro atoms. The molecule has 8 heavy (non-hydrogen) atoms. The van der Waals surface area contributed by atoms with Crippen LogP contribution in [0.3, 0.4) is 0 Å². The van der Waals surface area contributed by atoms with Gasteiger partial charge in [0.05, 0.1) is 6.54 Å². The van der Waals surface area contributed by atoms with Crippen molar-refractivity contribution in [1.82, 2.24) is 5.32 Å². The first-order valence-corrected chi connectivity index (χ1v) is 2.79. The molecule has 0 unspecified atom stereocenters. The van der Waals surface area contributed by atoms with Gasteiger partial charge in [0.15, 0.2) is 5.84 Å². The molecule has 0 aromatic carbocycles. The van der Waals surface area contributed by atoms with E-state index in [9.17, 15) is 0 Å². The lowest BCUT2D eigenvalue weighted by molar-refractivity contribution is 0.962. The first-order chi connectivity index (χ1) is 3.80. The largest absolute Gasteiger partial charge is 0.387 e. The van der Waals surface area contributed by atoms with Crippen LogP contribution in [0.2, 0.25) is 0 Å². The molecule has 0 fully saturated rings.